The molecule has 0 amide bonds. The number of methoxy groups -OCH3 is 1. The van der Waals surface area contributed by atoms with Gasteiger partial charge in [0, 0.05) is 5.39 Å². The van der Waals surface area contributed by atoms with E-state index in [4.69, 9.17) is 9.47 Å². The van der Waals surface area contributed by atoms with Crippen molar-refractivity contribution in [1.82, 2.24) is 0 Å². The highest BCUT2D eigenvalue weighted by atomic mass is 16.5. The Morgan fingerprint density at radius 1 is 0.875 bits per heavy atom. The van der Waals surface area contributed by atoms with E-state index in [1.807, 2.05) is 24.3 Å². The van der Waals surface area contributed by atoms with Crippen molar-refractivity contribution in [2.45, 2.75) is 0 Å². The SMILES string of the molecule is COc1ccc2c3cccc4c3c([n+](C)c2c1)-c1ccccc1O4. The highest BCUT2D eigenvalue weighted by Gasteiger charge is 2.29. The highest BCUT2D eigenvalue weighted by Crippen LogP contribution is 2.46. The number of aryl methyl sites for hydroxylation is 1. The molecule has 5 rings (SSSR count). The third-order valence-corrected chi connectivity index (χ3v) is 4.82. The van der Waals surface area contributed by atoms with Crippen LogP contribution in [-0.2, 0) is 7.05 Å². The van der Waals surface area contributed by atoms with Gasteiger partial charge in [0.1, 0.15) is 24.3 Å². The van der Waals surface area contributed by atoms with Crippen LogP contribution in [0.3, 0.4) is 0 Å². The van der Waals surface area contributed by atoms with Gasteiger partial charge in [-0.1, -0.05) is 24.3 Å². The largest absolute Gasteiger partial charge is 0.497 e. The zero-order valence-corrected chi connectivity index (χ0v) is 13.5. The summed E-state index contributed by atoms with van der Waals surface area (Å²) >= 11 is 0. The maximum absolute atomic E-state index is 6.16. The molecule has 0 saturated heterocycles. The van der Waals surface area contributed by atoms with E-state index < -0.39 is 0 Å². The molecular formula is C21H16NO2+. The summed E-state index contributed by atoms with van der Waals surface area (Å²) in [6.07, 6.45) is 0. The number of pyridine rings is 1. The number of benzene rings is 3. The minimum absolute atomic E-state index is 0.862. The van der Waals surface area contributed by atoms with Crippen LogP contribution in [0, 0.1) is 0 Å². The summed E-state index contributed by atoms with van der Waals surface area (Å²) in [6.45, 7) is 0. The Labute approximate surface area is 139 Å². The van der Waals surface area contributed by atoms with Crippen LogP contribution >= 0.6 is 0 Å². The fourth-order valence-corrected chi connectivity index (χ4v) is 3.70. The average Bonchev–Trinajstić information content (AvgIpc) is 2.64. The van der Waals surface area contributed by atoms with Crippen LogP contribution in [0.4, 0.5) is 0 Å². The van der Waals surface area contributed by atoms with Crippen LogP contribution in [0.5, 0.6) is 17.2 Å². The Morgan fingerprint density at radius 2 is 1.71 bits per heavy atom. The number of aromatic nitrogens is 1. The van der Waals surface area contributed by atoms with Gasteiger partial charge in [-0.25, -0.2) is 0 Å². The molecule has 0 spiro atoms. The predicted octanol–water partition coefficient (Wildman–Crippen LogP) is 4.60. The van der Waals surface area contributed by atoms with E-state index in [1.54, 1.807) is 7.11 Å². The summed E-state index contributed by atoms with van der Waals surface area (Å²) in [7, 11) is 3.81. The van der Waals surface area contributed by atoms with Gasteiger partial charge in [-0.05, 0) is 30.3 Å². The topological polar surface area (TPSA) is 22.3 Å². The molecule has 24 heavy (non-hydrogen) atoms. The van der Waals surface area contributed by atoms with Crippen molar-refractivity contribution in [2.75, 3.05) is 7.11 Å². The number of rotatable bonds is 1. The quantitative estimate of drug-likeness (QED) is 0.333. The van der Waals surface area contributed by atoms with Gasteiger partial charge in [0.25, 0.3) is 0 Å². The van der Waals surface area contributed by atoms with Crippen LogP contribution < -0.4 is 14.0 Å². The highest BCUT2D eigenvalue weighted by molar-refractivity contribution is 6.12. The Kier molecular flexibility index (Phi) is 2.63. The van der Waals surface area contributed by atoms with Gasteiger partial charge < -0.3 is 9.47 Å². The normalized spacial score (nSPS) is 12.1. The molecule has 0 N–H and O–H groups in total. The van der Waals surface area contributed by atoms with Gasteiger partial charge in [-0.3, -0.25) is 0 Å². The molecular weight excluding hydrogens is 298 g/mol. The summed E-state index contributed by atoms with van der Waals surface area (Å²) in [4.78, 5) is 0. The lowest BCUT2D eigenvalue weighted by Crippen LogP contribution is -2.33. The number of hydrogen-bond acceptors (Lipinski definition) is 2. The Balaban J connectivity index is 2.05. The molecule has 116 valence electrons. The molecule has 3 nitrogen and oxygen atoms in total. The fourth-order valence-electron chi connectivity index (χ4n) is 3.70. The van der Waals surface area contributed by atoms with Gasteiger partial charge in [0.05, 0.1) is 29.5 Å². The van der Waals surface area contributed by atoms with Gasteiger partial charge in [-0.15, -0.1) is 0 Å². The Bertz CT molecular complexity index is 1130. The van der Waals surface area contributed by atoms with Crippen molar-refractivity contribution in [2.24, 2.45) is 7.05 Å². The fraction of sp³-hybridized carbons (Fsp3) is 0.0952. The molecule has 4 aromatic rings. The van der Waals surface area contributed by atoms with E-state index in [-0.39, 0.29) is 0 Å². The van der Waals surface area contributed by atoms with Gasteiger partial charge in [0.2, 0.25) is 11.2 Å². The molecule has 0 saturated carbocycles. The third-order valence-electron chi connectivity index (χ3n) is 4.82. The molecule has 0 radical (unpaired) electrons. The molecule has 1 aromatic heterocycles. The molecule has 0 bridgehead atoms. The summed E-state index contributed by atoms with van der Waals surface area (Å²) in [5.74, 6) is 2.67. The molecule has 0 fully saturated rings. The maximum Gasteiger partial charge on any atom is 0.228 e. The minimum Gasteiger partial charge on any atom is -0.497 e. The number of fused-ring (bicyclic) bond motifs is 4. The van der Waals surface area contributed by atoms with Crippen LogP contribution in [0.2, 0.25) is 0 Å². The second kappa shape index (κ2) is 4.71. The predicted molar refractivity (Wildman–Crippen MR) is 94.7 cm³/mol. The van der Waals surface area contributed by atoms with Crippen LogP contribution in [0.25, 0.3) is 32.9 Å². The third kappa shape index (κ3) is 1.64. The lowest BCUT2D eigenvalue weighted by molar-refractivity contribution is -0.632. The first kappa shape index (κ1) is 13.4. The van der Waals surface area contributed by atoms with E-state index in [1.165, 1.54) is 16.5 Å². The average molecular weight is 314 g/mol. The second-order valence-corrected chi connectivity index (χ2v) is 6.07. The molecule has 1 aliphatic rings. The molecule has 0 unspecified atom stereocenters. The first-order valence-electron chi connectivity index (χ1n) is 7.97. The monoisotopic (exact) mass is 314 g/mol. The first-order valence-corrected chi connectivity index (χ1v) is 7.97. The van der Waals surface area contributed by atoms with Crippen molar-refractivity contribution in [3.8, 4) is 28.5 Å². The van der Waals surface area contributed by atoms with Crippen molar-refractivity contribution >= 4 is 21.7 Å². The molecule has 3 heteroatoms. The summed E-state index contributed by atoms with van der Waals surface area (Å²) < 4.78 is 13.8. The van der Waals surface area contributed by atoms with E-state index >= 15 is 0 Å². The number of nitrogens with zero attached hydrogens (tertiary/aromatic N) is 1. The van der Waals surface area contributed by atoms with Crippen molar-refractivity contribution in [3.05, 3.63) is 60.7 Å². The van der Waals surface area contributed by atoms with Crippen LogP contribution in [-0.4, -0.2) is 7.11 Å². The zero-order chi connectivity index (χ0) is 16.3. The van der Waals surface area contributed by atoms with E-state index in [9.17, 15) is 0 Å². The molecule has 0 atom stereocenters. The van der Waals surface area contributed by atoms with E-state index in [0.29, 0.717) is 0 Å². The van der Waals surface area contributed by atoms with Gasteiger partial charge in [0.15, 0.2) is 0 Å². The Morgan fingerprint density at radius 3 is 2.58 bits per heavy atom. The van der Waals surface area contributed by atoms with Gasteiger partial charge >= 0.3 is 0 Å². The lowest BCUT2D eigenvalue weighted by Gasteiger charge is -2.20. The minimum atomic E-state index is 0.862. The number of para-hydroxylation sites is 1. The summed E-state index contributed by atoms with van der Waals surface area (Å²) in [5.41, 5.74) is 3.45. The molecule has 1 aliphatic heterocycles. The summed E-state index contributed by atoms with van der Waals surface area (Å²) in [6, 6.07) is 20.7. The number of ether oxygens (including phenoxy) is 2. The molecule has 0 aliphatic carbocycles. The van der Waals surface area contributed by atoms with Crippen molar-refractivity contribution in [1.29, 1.82) is 0 Å². The zero-order valence-electron chi connectivity index (χ0n) is 13.5. The van der Waals surface area contributed by atoms with Gasteiger partial charge in [-0.2, -0.15) is 4.57 Å². The van der Waals surface area contributed by atoms with Crippen LogP contribution in [0.1, 0.15) is 0 Å². The van der Waals surface area contributed by atoms with E-state index in [0.717, 1.165) is 33.7 Å². The molecule has 2 heterocycles. The molecule has 3 aromatic carbocycles. The first-order chi connectivity index (χ1) is 11.8. The number of hydrogen-bond donors (Lipinski definition) is 0. The summed E-state index contributed by atoms with van der Waals surface area (Å²) in [5, 5.41) is 3.56. The Hall–Kier alpha value is -3.07. The van der Waals surface area contributed by atoms with Crippen LogP contribution in [0.15, 0.2) is 60.7 Å². The van der Waals surface area contributed by atoms with Crippen molar-refractivity contribution in [3.63, 3.8) is 0 Å². The smallest absolute Gasteiger partial charge is 0.228 e. The standard InChI is InChI=1S/C21H16NO2/c1-22-17-12-13(23-2)10-11-14(17)15-7-5-9-19-20(15)21(22)16-6-3-4-8-18(16)24-19/h3-12H,1-2H3/q+1. The maximum atomic E-state index is 6.16. The van der Waals surface area contributed by atoms with E-state index in [2.05, 4.69) is 48.0 Å². The second-order valence-electron chi connectivity index (χ2n) is 6.07. The lowest BCUT2D eigenvalue weighted by atomic mass is 9.96. The van der Waals surface area contributed by atoms with Crippen molar-refractivity contribution < 1.29 is 14.0 Å².